The molecule has 0 bridgehead atoms. The molecule has 1 aliphatic rings. The molecule has 1 atom stereocenters. The molecule has 1 unspecified atom stereocenters. The smallest absolute Gasteiger partial charge is 0.0363 e. The summed E-state index contributed by atoms with van der Waals surface area (Å²) in [4.78, 5) is 2.36. The van der Waals surface area contributed by atoms with Gasteiger partial charge < -0.3 is 10.6 Å². The Morgan fingerprint density at radius 3 is 2.58 bits per heavy atom. The van der Waals surface area contributed by atoms with Crippen molar-refractivity contribution >= 4 is 10.8 Å². The Labute approximate surface area is 76.8 Å². The highest BCUT2D eigenvalue weighted by Gasteiger charge is 2.16. The van der Waals surface area contributed by atoms with E-state index in [1.54, 1.807) is 0 Å². The summed E-state index contributed by atoms with van der Waals surface area (Å²) >= 11 is 0. The van der Waals surface area contributed by atoms with Crippen LogP contribution in [0.5, 0.6) is 0 Å². The third-order valence-electron chi connectivity index (χ3n) is 2.24. The lowest BCUT2D eigenvalue weighted by atomic mass is 10.2. The van der Waals surface area contributed by atoms with Crippen molar-refractivity contribution in [2.45, 2.75) is 6.92 Å². The average molecular weight is 190 g/mol. The summed E-state index contributed by atoms with van der Waals surface area (Å²) in [5.74, 6) is 2.26. The van der Waals surface area contributed by atoms with Crippen LogP contribution in [0.3, 0.4) is 0 Å². The van der Waals surface area contributed by atoms with Crippen LogP contribution in [0.25, 0.3) is 0 Å². The molecule has 1 aliphatic heterocycles. The molecule has 1 heterocycles. The molecule has 72 valence electrons. The van der Waals surface area contributed by atoms with Gasteiger partial charge in [0.05, 0.1) is 0 Å². The first-order valence-electron chi connectivity index (χ1n) is 4.49. The SMILES string of the molecule is CC(CN)CN1CCS(=O)CC1. The fourth-order valence-electron chi connectivity index (χ4n) is 1.37. The second-order valence-corrected chi connectivity index (χ2v) is 5.19. The lowest BCUT2D eigenvalue weighted by molar-refractivity contribution is 0.260. The number of rotatable bonds is 3. The van der Waals surface area contributed by atoms with Crippen LogP contribution < -0.4 is 5.73 Å². The number of nitrogens with two attached hydrogens (primary N) is 1. The number of hydrogen-bond donors (Lipinski definition) is 1. The molecule has 3 nitrogen and oxygen atoms in total. The molecule has 0 saturated carbocycles. The minimum absolute atomic E-state index is 0.551. The Morgan fingerprint density at radius 1 is 1.50 bits per heavy atom. The zero-order chi connectivity index (χ0) is 8.97. The Kier molecular flexibility index (Phi) is 4.18. The van der Waals surface area contributed by atoms with Crippen molar-refractivity contribution in [1.29, 1.82) is 0 Å². The van der Waals surface area contributed by atoms with Crippen LogP contribution >= 0.6 is 0 Å². The minimum Gasteiger partial charge on any atom is -0.330 e. The Hall–Kier alpha value is 0.0700. The van der Waals surface area contributed by atoms with Crippen LogP contribution in [0.2, 0.25) is 0 Å². The van der Waals surface area contributed by atoms with Gasteiger partial charge in [-0.15, -0.1) is 0 Å². The van der Waals surface area contributed by atoms with Crippen molar-refractivity contribution in [3.05, 3.63) is 0 Å². The normalized spacial score (nSPS) is 24.2. The molecule has 12 heavy (non-hydrogen) atoms. The lowest BCUT2D eigenvalue weighted by Gasteiger charge is -2.28. The van der Waals surface area contributed by atoms with E-state index in [1.807, 2.05) is 0 Å². The van der Waals surface area contributed by atoms with Crippen LogP contribution in [0.15, 0.2) is 0 Å². The minimum atomic E-state index is -0.551. The molecule has 0 radical (unpaired) electrons. The van der Waals surface area contributed by atoms with E-state index in [9.17, 15) is 4.21 Å². The first kappa shape index (κ1) is 10.2. The molecule has 1 saturated heterocycles. The summed E-state index contributed by atoms with van der Waals surface area (Å²) in [6.45, 7) is 5.94. The van der Waals surface area contributed by atoms with Gasteiger partial charge >= 0.3 is 0 Å². The van der Waals surface area contributed by atoms with Gasteiger partial charge in [-0.05, 0) is 12.5 Å². The van der Waals surface area contributed by atoms with E-state index < -0.39 is 10.8 Å². The quantitative estimate of drug-likeness (QED) is 0.661. The van der Waals surface area contributed by atoms with Gasteiger partial charge in [0.25, 0.3) is 0 Å². The van der Waals surface area contributed by atoms with Crippen molar-refractivity contribution in [3.63, 3.8) is 0 Å². The first-order valence-corrected chi connectivity index (χ1v) is 5.98. The highest BCUT2D eigenvalue weighted by atomic mass is 32.2. The second-order valence-electron chi connectivity index (χ2n) is 3.49. The molecular formula is C8H18N2OS. The summed E-state index contributed by atoms with van der Waals surface area (Å²) < 4.78 is 11.0. The van der Waals surface area contributed by atoms with Crippen LogP contribution in [0.1, 0.15) is 6.92 Å². The van der Waals surface area contributed by atoms with E-state index in [2.05, 4.69) is 11.8 Å². The van der Waals surface area contributed by atoms with Gasteiger partial charge in [0.2, 0.25) is 0 Å². The van der Waals surface area contributed by atoms with Crippen LogP contribution in [-0.4, -0.2) is 46.8 Å². The summed E-state index contributed by atoms with van der Waals surface area (Å²) in [7, 11) is -0.551. The fraction of sp³-hybridized carbons (Fsp3) is 1.00. The van der Waals surface area contributed by atoms with Crippen LogP contribution in [0.4, 0.5) is 0 Å². The van der Waals surface area contributed by atoms with Crippen molar-refractivity contribution in [2.75, 3.05) is 37.7 Å². The average Bonchev–Trinajstić information content (AvgIpc) is 2.09. The zero-order valence-corrected chi connectivity index (χ0v) is 8.48. The van der Waals surface area contributed by atoms with E-state index >= 15 is 0 Å². The third-order valence-corrected chi connectivity index (χ3v) is 3.52. The second kappa shape index (κ2) is 4.94. The molecule has 0 amide bonds. The molecule has 0 aromatic rings. The molecule has 0 spiro atoms. The molecule has 2 N–H and O–H groups in total. The Balaban J connectivity index is 2.21. The van der Waals surface area contributed by atoms with Crippen LogP contribution in [-0.2, 0) is 10.8 Å². The molecule has 4 heteroatoms. The van der Waals surface area contributed by atoms with E-state index in [0.29, 0.717) is 5.92 Å². The fourth-order valence-corrected chi connectivity index (χ4v) is 2.50. The van der Waals surface area contributed by atoms with E-state index in [0.717, 1.165) is 37.7 Å². The van der Waals surface area contributed by atoms with Gasteiger partial charge in [0.15, 0.2) is 0 Å². The molecule has 1 fully saturated rings. The van der Waals surface area contributed by atoms with Gasteiger partial charge in [-0.2, -0.15) is 0 Å². The zero-order valence-electron chi connectivity index (χ0n) is 7.66. The lowest BCUT2D eigenvalue weighted by Crippen LogP contribution is -2.41. The van der Waals surface area contributed by atoms with Crippen molar-refractivity contribution in [1.82, 2.24) is 4.90 Å². The third kappa shape index (κ3) is 3.21. The van der Waals surface area contributed by atoms with Crippen molar-refractivity contribution in [2.24, 2.45) is 11.7 Å². The summed E-state index contributed by atoms with van der Waals surface area (Å²) in [6.07, 6.45) is 0. The monoisotopic (exact) mass is 190 g/mol. The maximum atomic E-state index is 11.0. The molecule has 0 aliphatic carbocycles. The Morgan fingerprint density at radius 2 is 2.08 bits per heavy atom. The first-order chi connectivity index (χ1) is 5.72. The number of hydrogen-bond acceptors (Lipinski definition) is 3. The maximum absolute atomic E-state index is 11.0. The van der Waals surface area contributed by atoms with Gasteiger partial charge in [0.1, 0.15) is 0 Å². The van der Waals surface area contributed by atoms with Gasteiger partial charge in [0, 0.05) is 41.9 Å². The van der Waals surface area contributed by atoms with E-state index in [1.165, 1.54) is 0 Å². The number of nitrogens with zero attached hydrogens (tertiary/aromatic N) is 1. The Bertz CT molecular complexity index is 153. The predicted octanol–water partition coefficient (Wildman–Crippen LogP) is -0.354. The van der Waals surface area contributed by atoms with Crippen LogP contribution in [0, 0.1) is 5.92 Å². The van der Waals surface area contributed by atoms with E-state index in [4.69, 9.17) is 5.73 Å². The molecule has 0 aromatic heterocycles. The molecule has 0 aromatic carbocycles. The van der Waals surface area contributed by atoms with Gasteiger partial charge in [-0.1, -0.05) is 6.92 Å². The highest BCUT2D eigenvalue weighted by molar-refractivity contribution is 7.85. The van der Waals surface area contributed by atoms with E-state index in [-0.39, 0.29) is 0 Å². The van der Waals surface area contributed by atoms with Crippen molar-refractivity contribution in [3.8, 4) is 0 Å². The maximum Gasteiger partial charge on any atom is 0.0363 e. The highest BCUT2D eigenvalue weighted by Crippen LogP contribution is 2.03. The predicted molar refractivity (Wildman–Crippen MR) is 52.5 cm³/mol. The van der Waals surface area contributed by atoms with Crippen molar-refractivity contribution < 1.29 is 4.21 Å². The molecular weight excluding hydrogens is 172 g/mol. The van der Waals surface area contributed by atoms with Gasteiger partial charge in [-0.25, -0.2) is 0 Å². The summed E-state index contributed by atoms with van der Waals surface area (Å²) in [5, 5.41) is 0. The largest absolute Gasteiger partial charge is 0.330 e. The summed E-state index contributed by atoms with van der Waals surface area (Å²) in [6, 6.07) is 0. The molecule has 1 rings (SSSR count). The standard InChI is InChI=1S/C8H18N2OS/c1-8(6-9)7-10-2-4-12(11)5-3-10/h8H,2-7,9H2,1H3. The topological polar surface area (TPSA) is 46.3 Å². The summed E-state index contributed by atoms with van der Waals surface area (Å²) in [5.41, 5.74) is 5.53. The van der Waals surface area contributed by atoms with Gasteiger partial charge in [-0.3, -0.25) is 4.21 Å².